The van der Waals surface area contributed by atoms with Crippen molar-refractivity contribution < 1.29 is 9.50 Å². The van der Waals surface area contributed by atoms with Gasteiger partial charge in [-0.15, -0.1) is 0 Å². The fraction of sp³-hybridized carbons (Fsp3) is 0.500. The van der Waals surface area contributed by atoms with Crippen LogP contribution in [0.3, 0.4) is 0 Å². The minimum atomic E-state index is -0.532. The predicted molar refractivity (Wildman–Crippen MR) is 52.5 cm³/mol. The van der Waals surface area contributed by atoms with E-state index in [4.69, 9.17) is 10.9 Å². The smallest absolute Gasteiger partial charge is 0.239 e. The average Bonchev–Trinajstić information content (AvgIpc) is 2.19. The molecule has 0 spiro atoms. The number of aliphatic hydroxyl groups excluding tert-OH is 1. The van der Waals surface area contributed by atoms with E-state index in [1.165, 1.54) is 0 Å². The van der Waals surface area contributed by atoms with Crippen molar-refractivity contribution in [3.8, 4) is 0 Å². The van der Waals surface area contributed by atoms with Crippen LogP contribution in [-0.2, 0) is 0 Å². The number of hydrogen-bond donors (Lipinski definition) is 4. The van der Waals surface area contributed by atoms with Gasteiger partial charge in [-0.3, -0.25) is 5.43 Å². The second kappa shape index (κ2) is 3.95. The van der Waals surface area contributed by atoms with E-state index in [1.54, 1.807) is 0 Å². The molecule has 2 rings (SSSR count). The van der Waals surface area contributed by atoms with Gasteiger partial charge in [-0.25, -0.2) is 15.2 Å². The molecule has 0 radical (unpaired) electrons. The third-order valence-electron chi connectivity index (χ3n) is 2.33. The number of aliphatic hydroxyl groups is 1. The van der Waals surface area contributed by atoms with Crippen LogP contribution in [0, 0.1) is 5.82 Å². The Morgan fingerprint density at radius 1 is 1.53 bits per heavy atom. The molecule has 1 aliphatic carbocycles. The van der Waals surface area contributed by atoms with Gasteiger partial charge in [0.05, 0.1) is 12.3 Å². The summed E-state index contributed by atoms with van der Waals surface area (Å²) in [5.41, 5.74) is 2.23. The molecule has 0 amide bonds. The van der Waals surface area contributed by atoms with Crippen molar-refractivity contribution in [3.05, 3.63) is 12.0 Å². The summed E-state index contributed by atoms with van der Waals surface area (Å²) in [6.45, 7) is 0. The lowest BCUT2D eigenvalue weighted by Crippen LogP contribution is -2.39. The Morgan fingerprint density at radius 3 is 2.87 bits per heavy atom. The molecule has 1 heterocycles. The number of nitrogen functional groups attached to an aromatic ring is 1. The number of aromatic nitrogens is 2. The van der Waals surface area contributed by atoms with E-state index in [-0.39, 0.29) is 23.9 Å². The van der Waals surface area contributed by atoms with Crippen LogP contribution in [0.4, 0.5) is 16.2 Å². The second-order valence-corrected chi connectivity index (χ2v) is 3.50. The van der Waals surface area contributed by atoms with Crippen molar-refractivity contribution in [2.24, 2.45) is 5.84 Å². The van der Waals surface area contributed by atoms with Crippen molar-refractivity contribution in [2.45, 2.75) is 25.0 Å². The summed E-state index contributed by atoms with van der Waals surface area (Å²) < 4.78 is 13.2. The zero-order chi connectivity index (χ0) is 10.8. The molecule has 1 aliphatic rings. The fourth-order valence-electron chi connectivity index (χ4n) is 1.44. The molecule has 1 saturated carbocycles. The van der Waals surface area contributed by atoms with Crippen molar-refractivity contribution >= 4 is 11.8 Å². The van der Waals surface area contributed by atoms with E-state index in [9.17, 15) is 4.39 Å². The molecule has 82 valence electrons. The number of hydrazine groups is 1. The third-order valence-corrected chi connectivity index (χ3v) is 2.33. The maximum absolute atomic E-state index is 13.2. The molecule has 0 bridgehead atoms. The molecule has 0 saturated heterocycles. The SMILES string of the molecule is NNc1ncc(F)c(NC2CC(O)C2)n1. The van der Waals surface area contributed by atoms with Crippen molar-refractivity contribution in [1.82, 2.24) is 9.97 Å². The van der Waals surface area contributed by atoms with E-state index in [0.29, 0.717) is 12.8 Å². The van der Waals surface area contributed by atoms with Crippen LogP contribution in [0.5, 0.6) is 0 Å². The van der Waals surface area contributed by atoms with Gasteiger partial charge in [0.2, 0.25) is 5.95 Å². The molecule has 0 unspecified atom stereocenters. The van der Waals surface area contributed by atoms with Gasteiger partial charge in [0.1, 0.15) is 0 Å². The summed E-state index contributed by atoms with van der Waals surface area (Å²) in [4.78, 5) is 7.43. The number of nitrogens with zero attached hydrogens (tertiary/aromatic N) is 2. The van der Waals surface area contributed by atoms with Crippen molar-refractivity contribution in [3.63, 3.8) is 0 Å². The fourth-order valence-corrected chi connectivity index (χ4v) is 1.44. The van der Waals surface area contributed by atoms with Crippen molar-refractivity contribution in [2.75, 3.05) is 10.7 Å². The zero-order valence-corrected chi connectivity index (χ0v) is 7.94. The Morgan fingerprint density at radius 2 is 2.27 bits per heavy atom. The minimum Gasteiger partial charge on any atom is -0.393 e. The quantitative estimate of drug-likeness (QED) is 0.411. The van der Waals surface area contributed by atoms with Crippen LogP contribution in [0.25, 0.3) is 0 Å². The highest BCUT2D eigenvalue weighted by molar-refractivity contribution is 5.41. The van der Waals surface area contributed by atoms with E-state index in [0.717, 1.165) is 6.20 Å². The summed E-state index contributed by atoms with van der Waals surface area (Å²) >= 11 is 0. The molecule has 0 aromatic carbocycles. The molecule has 1 fully saturated rings. The Kier molecular flexibility index (Phi) is 2.65. The maximum atomic E-state index is 13.2. The van der Waals surface area contributed by atoms with E-state index < -0.39 is 5.82 Å². The van der Waals surface area contributed by atoms with Crippen LogP contribution < -0.4 is 16.6 Å². The highest BCUT2D eigenvalue weighted by atomic mass is 19.1. The summed E-state index contributed by atoms with van der Waals surface area (Å²) in [5, 5.41) is 11.9. The maximum Gasteiger partial charge on any atom is 0.239 e. The molecule has 7 heteroatoms. The summed E-state index contributed by atoms with van der Waals surface area (Å²) in [5.74, 6) is 4.83. The third kappa shape index (κ3) is 2.13. The summed E-state index contributed by atoms with van der Waals surface area (Å²) in [7, 11) is 0. The number of anilines is 2. The Labute approximate surface area is 85.7 Å². The molecular formula is C8H12FN5O. The number of nitrogens with two attached hydrogens (primary N) is 1. The Bertz CT molecular complexity index is 355. The molecule has 15 heavy (non-hydrogen) atoms. The molecule has 0 aliphatic heterocycles. The lowest BCUT2D eigenvalue weighted by atomic mass is 9.89. The van der Waals surface area contributed by atoms with Gasteiger partial charge in [-0.2, -0.15) is 4.98 Å². The number of hydrogen-bond acceptors (Lipinski definition) is 6. The Hall–Kier alpha value is -1.47. The molecule has 1 aromatic heterocycles. The first kappa shape index (κ1) is 10.1. The highest BCUT2D eigenvalue weighted by Crippen LogP contribution is 2.24. The van der Waals surface area contributed by atoms with Gasteiger partial charge in [0.15, 0.2) is 11.6 Å². The predicted octanol–water partition coefficient (Wildman–Crippen LogP) is -0.164. The minimum absolute atomic E-state index is 0.0648. The van der Waals surface area contributed by atoms with Gasteiger partial charge in [0.25, 0.3) is 0 Å². The van der Waals surface area contributed by atoms with Gasteiger partial charge < -0.3 is 10.4 Å². The van der Waals surface area contributed by atoms with Crippen molar-refractivity contribution in [1.29, 1.82) is 0 Å². The van der Waals surface area contributed by atoms with Gasteiger partial charge >= 0.3 is 0 Å². The highest BCUT2D eigenvalue weighted by Gasteiger charge is 2.28. The van der Waals surface area contributed by atoms with Gasteiger partial charge in [-0.05, 0) is 12.8 Å². The summed E-state index contributed by atoms with van der Waals surface area (Å²) in [6, 6.07) is 0.0648. The first-order valence-corrected chi connectivity index (χ1v) is 4.63. The molecule has 1 aromatic rings. The first-order valence-electron chi connectivity index (χ1n) is 4.63. The lowest BCUT2D eigenvalue weighted by Gasteiger charge is -2.32. The van der Waals surface area contributed by atoms with Crippen LogP contribution in [0.2, 0.25) is 0 Å². The van der Waals surface area contributed by atoms with Gasteiger partial charge in [-0.1, -0.05) is 0 Å². The Balaban J connectivity index is 2.06. The van der Waals surface area contributed by atoms with Crippen LogP contribution in [0.15, 0.2) is 6.20 Å². The topological polar surface area (TPSA) is 96.1 Å². The van der Waals surface area contributed by atoms with E-state index >= 15 is 0 Å². The van der Waals surface area contributed by atoms with Crippen LogP contribution >= 0.6 is 0 Å². The van der Waals surface area contributed by atoms with Crippen LogP contribution in [-0.4, -0.2) is 27.2 Å². The summed E-state index contributed by atoms with van der Waals surface area (Å²) in [6.07, 6.45) is 1.96. The molecule has 6 nitrogen and oxygen atoms in total. The first-order chi connectivity index (χ1) is 7.19. The van der Waals surface area contributed by atoms with E-state index in [2.05, 4.69) is 20.7 Å². The van der Waals surface area contributed by atoms with Gasteiger partial charge in [0, 0.05) is 6.04 Å². The monoisotopic (exact) mass is 213 g/mol. The number of rotatable bonds is 3. The largest absolute Gasteiger partial charge is 0.393 e. The lowest BCUT2D eigenvalue weighted by molar-refractivity contribution is 0.0834. The standard InChI is InChI=1S/C8H12FN5O/c9-6-3-11-8(14-10)13-7(6)12-4-1-5(15)2-4/h3-5,15H,1-2,10H2,(H2,11,12,13,14). The normalized spacial score (nSPS) is 24.5. The molecule has 5 N–H and O–H groups in total. The zero-order valence-electron chi connectivity index (χ0n) is 7.94. The molecular weight excluding hydrogens is 201 g/mol. The number of halogens is 1. The molecule has 0 atom stereocenters. The van der Waals surface area contributed by atoms with Crippen LogP contribution in [0.1, 0.15) is 12.8 Å². The average molecular weight is 213 g/mol. The van der Waals surface area contributed by atoms with E-state index in [1.807, 2.05) is 0 Å². The number of nitrogens with one attached hydrogen (secondary N) is 2. The second-order valence-electron chi connectivity index (χ2n) is 3.50.